The van der Waals surface area contributed by atoms with Crippen molar-refractivity contribution in [2.24, 2.45) is 0 Å². The van der Waals surface area contributed by atoms with Crippen LogP contribution in [0.3, 0.4) is 0 Å². The van der Waals surface area contributed by atoms with Crippen molar-refractivity contribution >= 4 is 11.3 Å². The molecule has 0 saturated heterocycles. The summed E-state index contributed by atoms with van der Waals surface area (Å²) < 4.78 is 5.19. The maximum atomic E-state index is 5.19. The Bertz CT molecular complexity index is 228. The van der Waals surface area contributed by atoms with E-state index in [1.54, 1.807) is 6.92 Å². The van der Waals surface area contributed by atoms with Gasteiger partial charge in [-0.25, -0.2) is 0 Å². The molecular formula is C8H7OS. The van der Waals surface area contributed by atoms with Gasteiger partial charge in [-0.05, 0) is 13.0 Å². The van der Waals surface area contributed by atoms with E-state index in [4.69, 9.17) is 4.74 Å². The summed E-state index contributed by atoms with van der Waals surface area (Å²) in [6, 6.07) is 1.81. The zero-order chi connectivity index (χ0) is 7.23. The van der Waals surface area contributed by atoms with Crippen LogP contribution in [0.4, 0.5) is 0 Å². The highest BCUT2D eigenvalue weighted by atomic mass is 32.1. The van der Waals surface area contributed by atoms with E-state index in [0.717, 1.165) is 5.75 Å². The molecule has 1 aromatic rings. The van der Waals surface area contributed by atoms with E-state index in [-0.39, 0.29) is 0 Å². The first-order valence-electron chi connectivity index (χ1n) is 2.90. The van der Waals surface area contributed by atoms with Gasteiger partial charge in [0.05, 0.1) is 0 Å². The second-order valence-corrected chi connectivity index (χ2v) is 2.32. The number of rotatable bonds is 2. The lowest BCUT2D eigenvalue weighted by molar-refractivity contribution is 0.372. The van der Waals surface area contributed by atoms with Crippen LogP contribution in [0.1, 0.15) is 6.92 Å². The van der Waals surface area contributed by atoms with Crippen LogP contribution in [0.25, 0.3) is 0 Å². The van der Waals surface area contributed by atoms with Gasteiger partial charge < -0.3 is 4.74 Å². The molecule has 0 spiro atoms. The summed E-state index contributed by atoms with van der Waals surface area (Å²) in [6.45, 7) is 2.27. The molecule has 0 unspecified atom stereocenters. The van der Waals surface area contributed by atoms with Gasteiger partial charge in [-0.3, -0.25) is 0 Å². The standard InChI is InChI=1S/C8H7OS/c1-2-3-5-9-8-4-6-10-7-8/h4,7H,5H2,1H3. The summed E-state index contributed by atoms with van der Waals surface area (Å²) in [5.74, 6) is 6.41. The predicted molar refractivity (Wildman–Crippen MR) is 42.1 cm³/mol. The Morgan fingerprint density at radius 3 is 3.30 bits per heavy atom. The van der Waals surface area contributed by atoms with E-state index in [9.17, 15) is 0 Å². The molecule has 0 aliphatic heterocycles. The number of thiophene rings is 1. The monoisotopic (exact) mass is 151 g/mol. The van der Waals surface area contributed by atoms with E-state index in [1.807, 2.05) is 11.4 Å². The Kier molecular flexibility index (Phi) is 2.85. The van der Waals surface area contributed by atoms with Crippen molar-refractivity contribution in [3.8, 4) is 17.6 Å². The fraction of sp³-hybridized carbons (Fsp3) is 0.250. The van der Waals surface area contributed by atoms with E-state index in [0.29, 0.717) is 6.61 Å². The van der Waals surface area contributed by atoms with Gasteiger partial charge in [0.25, 0.3) is 0 Å². The molecule has 0 aliphatic carbocycles. The first-order valence-corrected chi connectivity index (χ1v) is 3.78. The Hall–Kier alpha value is -0.940. The summed E-state index contributed by atoms with van der Waals surface area (Å²) in [6.07, 6.45) is 0. The molecule has 1 radical (unpaired) electrons. The van der Waals surface area contributed by atoms with Crippen LogP contribution in [0, 0.1) is 17.2 Å². The molecule has 0 amide bonds. The number of hydrogen-bond acceptors (Lipinski definition) is 2. The van der Waals surface area contributed by atoms with Crippen molar-refractivity contribution in [3.05, 3.63) is 16.8 Å². The summed E-state index contributed by atoms with van der Waals surface area (Å²) >= 11 is 1.50. The van der Waals surface area contributed by atoms with Crippen LogP contribution in [0.15, 0.2) is 11.4 Å². The Morgan fingerprint density at radius 1 is 1.80 bits per heavy atom. The molecule has 0 bridgehead atoms. The van der Waals surface area contributed by atoms with Crippen LogP contribution >= 0.6 is 11.3 Å². The van der Waals surface area contributed by atoms with Gasteiger partial charge in [-0.15, -0.1) is 17.3 Å². The normalized spacial score (nSPS) is 8.10. The zero-order valence-electron chi connectivity index (χ0n) is 5.68. The van der Waals surface area contributed by atoms with E-state index >= 15 is 0 Å². The minimum Gasteiger partial charge on any atom is -0.480 e. The first-order chi connectivity index (χ1) is 4.93. The molecule has 0 N–H and O–H groups in total. The van der Waals surface area contributed by atoms with Crippen LogP contribution < -0.4 is 4.74 Å². The lowest BCUT2D eigenvalue weighted by Gasteiger charge is -1.94. The van der Waals surface area contributed by atoms with Crippen molar-refractivity contribution in [3.63, 3.8) is 0 Å². The van der Waals surface area contributed by atoms with E-state index in [2.05, 4.69) is 17.2 Å². The quantitative estimate of drug-likeness (QED) is 0.587. The van der Waals surface area contributed by atoms with Gasteiger partial charge in [0.15, 0.2) is 0 Å². The van der Waals surface area contributed by atoms with Crippen molar-refractivity contribution in [1.29, 1.82) is 0 Å². The molecule has 0 atom stereocenters. The third kappa shape index (κ3) is 2.12. The maximum absolute atomic E-state index is 5.19. The fourth-order valence-electron chi connectivity index (χ4n) is 0.485. The molecule has 10 heavy (non-hydrogen) atoms. The Morgan fingerprint density at radius 2 is 2.70 bits per heavy atom. The molecule has 1 nitrogen and oxygen atoms in total. The molecule has 51 valence electrons. The largest absolute Gasteiger partial charge is 0.480 e. The molecule has 0 fully saturated rings. The lowest BCUT2D eigenvalue weighted by Crippen LogP contribution is -1.90. The maximum Gasteiger partial charge on any atom is 0.149 e. The van der Waals surface area contributed by atoms with Gasteiger partial charge in [0.2, 0.25) is 0 Å². The van der Waals surface area contributed by atoms with Gasteiger partial charge in [-0.2, -0.15) is 0 Å². The molecule has 0 saturated carbocycles. The summed E-state index contributed by atoms with van der Waals surface area (Å²) in [4.78, 5) is 0. The zero-order valence-corrected chi connectivity index (χ0v) is 6.49. The number of hydrogen-bond donors (Lipinski definition) is 0. The number of ether oxygens (including phenoxy) is 1. The van der Waals surface area contributed by atoms with Gasteiger partial charge in [0.1, 0.15) is 12.4 Å². The molecule has 0 aromatic carbocycles. The minimum atomic E-state index is 0.473. The second kappa shape index (κ2) is 3.97. The highest BCUT2D eigenvalue weighted by molar-refractivity contribution is 7.07. The summed E-state index contributed by atoms with van der Waals surface area (Å²) in [7, 11) is 0. The first kappa shape index (κ1) is 7.17. The summed E-state index contributed by atoms with van der Waals surface area (Å²) in [5.41, 5.74) is 0. The molecule has 0 aliphatic rings. The fourth-order valence-corrected chi connectivity index (χ4v) is 0.990. The minimum absolute atomic E-state index is 0.473. The smallest absolute Gasteiger partial charge is 0.149 e. The van der Waals surface area contributed by atoms with Crippen LogP contribution in [-0.4, -0.2) is 6.61 Å². The van der Waals surface area contributed by atoms with E-state index in [1.165, 1.54) is 11.3 Å². The average molecular weight is 151 g/mol. The average Bonchev–Trinajstić information content (AvgIpc) is 2.41. The molecule has 2 heteroatoms. The van der Waals surface area contributed by atoms with Gasteiger partial charge in [-0.1, -0.05) is 5.92 Å². The molecular weight excluding hydrogens is 144 g/mol. The van der Waals surface area contributed by atoms with E-state index < -0.39 is 0 Å². The molecule has 1 heterocycles. The van der Waals surface area contributed by atoms with Crippen LogP contribution in [0.2, 0.25) is 0 Å². The Balaban J connectivity index is 2.32. The molecule has 1 rings (SSSR count). The highest BCUT2D eigenvalue weighted by Crippen LogP contribution is 2.13. The lowest BCUT2D eigenvalue weighted by atomic mass is 10.6. The second-order valence-electron chi connectivity index (χ2n) is 1.62. The third-order valence-electron chi connectivity index (χ3n) is 0.932. The van der Waals surface area contributed by atoms with Crippen molar-refractivity contribution < 1.29 is 4.74 Å². The SMILES string of the molecule is CC#CCOc1c[c]sc1. The van der Waals surface area contributed by atoms with Gasteiger partial charge >= 0.3 is 0 Å². The van der Waals surface area contributed by atoms with Crippen molar-refractivity contribution in [2.45, 2.75) is 6.92 Å². The third-order valence-corrected chi connectivity index (χ3v) is 1.54. The van der Waals surface area contributed by atoms with Crippen LogP contribution in [0.5, 0.6) is 5.75 Å². The van der Waals surface area contributed by atoms with Crippen molar-refractivity contribution in [1.82, 2.24) is 0 Å². The highest BCUT2D eigenvalue weighted by Gasteiger charge is 1.88. The predicted octanol–water partition coefficient (Wildman–Crippen LogP) is 1.95. The Labute approximate surface area is 64.6 Å². The summed E-state index contributed by atoms with van der Waals surface area (Å²) in [5, 5.41) is 4.83. The topological polar surface area (TPSA) is 9.23 Å². The van der Waals surface area contributed by atoms with Crippen molar-refractivity contribution in [2.75, 3.05) is 6.61 Å². The molecule has 1 aromatic heterocycles. The van der Waals surface area contributed by atoms with Crippen LogP contribution in [-0.2, 0) is 0 Å². The van der Waals surface area contributed by atoms with Gasteiger partial charge in [0, 0.05) is 10.8 Å².